The minimum absolute atomic E-state index is 0.741. The first-order valence-electron chi connectivity index (χ1n) is 6.52. The Morgan fingerprint density at radius 1 is 1.10 bits per heavy atom. The zero-order valence-electron chi connectivity index (χ0n) is 11.6. The van der Waals surface area contributed by atoms with Crippen LogP contribution in [-0.4, -0.2) is 19.7 Å². The van der Waals surface area contributed by atoms with Crippen LogP contribution in [-0.2, 0) is 12.8 Å². The molecule has 2 N–H and O–H groups in total. The molecular weight excluding hydrogens is 282 g/mol. The van der Waals surface area contributed by atoms with E-state index in [0.29, 0.717) is 0 Å². The van der Waals surface area contributed by atoms with E-state index in [2.05, 4.69) is 15.2 Å². The van der Waals surface area contributed by atoms with Gasteiger partial charge in [0.25, 0.3) is 0 Å². The highest BCUT2D eigenvalue weighted by atomic mass is 32.2. The molecule has 0 aliphatic carbocycles. The van der Waals surface area contributed by atoms with Gasteiger partial charge in [0.2, 0.25) is 0 Å². The Balaban J connectivity index is 1.78. The minimum atomic E-state index is 0.741. The quantitative estimate of drug-likeness (QED) is 0.592. The molecule has 3 aromatic rings. The van der Waals surface area contributed by atoms with Gasteiger partial charge in [0.15, 0.2) is 11.0 Å². The molecule has 0 radical (unpaired) electrons. The molecule has 0 aliphatic heterocycles. The fourth-order valence-electron chi connectivity index (χ4n) is 1.95. The molecule has 0 bridgehead atoms. The Hall–Kier alpha value is -2.34. The van der Waals surface area contributed by atoms with Crippen LogP contribution in [0.1, 0.15) is 5.69 Å². The van der Waals surface area contributed by atoms with Gasteiger partial charge in [-0.15, -0.1) is 10.2 Å². The van der Waals surface area contributed by atoms with Crippen LogP contribution < -0.4 is 5.73 Å². The van der Waals surface area contributed by atoms with Crippen molar-refractivity contribution in [1.82, 2.24) is 19.7 Å². The number of hydrogen-bond acceptors (Lipinski definition) is 5. The lowest BCUT2D eigenvalue weighted by molar-refractivity contribution is 0.793. The zero-order chi connectivity index (χ0) is 14.7. The fraction of sp³-hybridized carbons (Fsp3) is 0.133. The summed E-state index contributed by atoms with van der Waals surface area (Å²) in [7, 11) is 1.96. The van der Waals surface area contributed by atoms with E-state index in [-0.39, 0.29) is 0 Å². The third kappa shape index (κ3) is 3.05. The molecule has 2 aromatic heterocycles. The normalized spacial score (nSPS) is 10.7. The number of hydrogen-bond donors (Lipinski definition) is 1. The molecule has 0 saturated carbocycles. The van der Waals surface area contributed by atoms with Gasteiger partial charge in [0.05, 0.1) is 5.69 Å². The van der Waals surface area contributed by atoms with Crippen molar-refractivity contribution < 1.29 is 0 Å². The van der Waals surface area contributed by atoms with Crippen LogP contribution in [0, 0.1) is 0 Å². The largest absolute Gasteiger partial charge is 0.399 e. The van der Waals surface area contributed by atoms with Gasteiger partial charge in [0.1, 0.15) is 0 Å². The molecule has 0 atom stereocenters. The molecule has 5 nitrogen and oxygen atoms in total. The molecule has 0 fully saturated rings. The molecule has 0 unspecified atom stereocenters. The Morgan fingerprint density at radius 2 is 1.90 bits per heavy atom. The molecule has 2 heterocycles. The molecule has 1 aromatic carbocycles. The molecule has 0 saturated heterocycles. The van der Waals surface area contributed by atoms with Gasteiger partial charge in [0, 0.05) is 30.2 Å². The van der Waals surface area contributed by atoms with Crippen LogP contribution in [0.25, 0.3) is 11.4 Å². The number of nitrogen functional groups attached to an aromatic ring is 1. The van der Waals surface area contributed by atoms with Gasteiger partial charge in [-0.25, -0.2) is 0 Å². The smallest absolute Gasteiger partial charge is 0.191 e. The SMILES string of the molecule is Cn1c(SCc2ccccn2)nnc1-c1ccc(N)cc1. The van der Waals surface area contributed by atoms with E-state index < -0.39 is 0 Å². The number of nitrogens with zero attached hydrogens (tertiary/aromatic N) is 4. The lowest BCUT2D eigenvalue weighted by Gasteiger charge is -2.04. The van der Waals surface area contributed by atoms with Crippen molar-refractivity contribution in [2.75, 3.05) is 5.73 Å². The second kappa shape index (κ2) is 5.97. The van der Waals surface area contributed by atoms with E-state index in [1.807, 2.05) is 54.1 Å². The van der Waals surface area contributed by atoms with Crippen molar-refractivity contribution >= 4 is 17.4 Å². The Labute approximate surface area is 127 Å². The number of thioether (sulfide) groups is 1. The van der Waals surface area contributed by atoms with Crippen LogP contribution in [0.2, 0.25) is 0 Å². The first kappa shape index (κ1) is 13.6. The average Bonchev–Trinajstić information content (AvgIpc) is 2.88. The first-order chi connectivity index (χ1) is 10.2. The maximum Gasteiger partial charge on any atom is 0.191 e. The number of benzene rings is 1. The van der Waals surface area contributed by atoms with E-state index in [1.54, 1.807) is 18.0 Å². The number of nitrogens with two attached hydrogens (primary N) is 1. The van der Waals surface area contributed by atoms with E-state index >= 15 is 0 Å². The maximum atomic E-state index is 5.71. The van der Waals surface area contributed by atoms with Gasteiger partial charge in [-0.05, 0) is 36.4 Å². The number of pyridine rings is 1. The van der Waals surface area contributed by atoms with Crippen molar-refractivity contribution in [1.29, 1.82) is 0 Å². The Kier molecular flexibility index (Phi) is 3.87. The number of rotatable bonds is 4. The fourth-order valence-corrected chi connectivity index (χ4v) is 2.77. The van der Waals surface area contributed by atoms with Crippen LogP contribution in [0.4, 0.5) is 5.69 Å². The molecule has 6 heteroatoms. The second-order valence-corrected chi connectivity index (χ2v) is 5.54. The van der Waals surface area contributed by atoms with E-state index in [4.69, 9.17) is 5.73 Å². The highest BCUT2D eigenvalue weighted by molar-refractivity contribution is 7.98. The van der Waals surface area contributed by atoms with Crippen LogP contribution in [0.5, 0.6) is 0 Å². The summed E-state index contributed by atoms with van der Waals surface area (Å²) >= 11 is 1.62. The summed E-state index contributed by atoms with van der Waals surface area (Å²) in [5, 5.41) is 9.37. The van der Waals surface area contributed by atoms with Gasteiger partial charge in [-0.3, -0.25) is 4.98 Å². The third-order valence-corrected chi connectivity index (χ3v) is 4.13. The number of anilines is 1. The van der Waals surface area contributed by atoms with Crippen molar-refractivity contribution in [2.24, 2.45) is 7.05 Å². The summed E-state index contributed by atoms with van der Waals surface area (Å²) in [5.74, 6) is 1.60. The summed E-state index contributed by atoms with van der Waals surface area (Å²) in [4.78, 5) is 4.31. The maximum absolute atomic E-state index is 5.71. The highest BCUT2D eigenvalue weighted by Gasteiger charge is 2.11. The van der Waals surface area contributed by atoms with E-state index in [9.17, 15) is 0 Å². The second-order valence-electron chi connectivity index (χ2n) is 4.60. The van der Waals surface area contributed by atoms with Crippen LogP contribution >= 0.6 is 11.8 Å². The Bertz CT molecular complexity index is 722. The van der Waals surface area contributed by atoms with Crippen molar-refractivity contribution in [3.05, 3.63) is 54.4 Å². The van der Waals surface area contributed by atoms with Gasteiger partial charge >= 0.3 is 0 Å². The monoisotopic (exact) mass is 297 g/mol. The summed E-state index contributed by atoms with van der Waals surface area (Å²) in [6.45, 7) is 0. The minimum Gasteiger partial charge on any atom is -0.399 e. The zero-order valence-corrected chi connectivity index (χ0v) is 12.4. The average molecular weight is 297 g/mol. The molecule has 3 rings (SSSR count). The molecule has 0 spiro atoms. The van der Waals surface area contributed by atoms with Crippen molar-refractivity contribution in [3.8, 4) is 11.4 Å². The highest BCUT2D eigenvalue weighted by Crippen LogP contribution is 2.25. The molecular formula is C15H15N5S. The standard InChI is InChI=1S/C15H15N5S/c1-20-14(11-5-7-12(16)8-6-11)18-19-15(20)21-10-13-4-2-3-9-17-13/h2-9H,10,16H2,1H3. The van der Waals surface area contributed by atoms with Crippen LogP contribution in [0.3, 0.4) is 0 Å². The predicted molar refractivity (Wildman–Crippen MR) is 84.6 cm³/mol. The van der Waals surface area contributed by atoms with Gasteiger partial charge in [-0.1, -0.05) is 17.8 Å². The topological polar surface area (TPSA) is 69.6 Å². The molecule has 21 heavy (non-hydrogen) atoms. The predicted octanol–water partition coefficient (Wildman–Crippen LogP) is 2.75. The van der Waals surface area contributed by atoms with Crippen molar-refractivity contribution in [2.45, 2.75) is 10.9 Å². The van der Waals surface area contributed by atoms with Gasteiger partial charge < -0.3 is 10.3 Å². The lowest BCUT2D eigenvalue weighted by atomic mass is 10.2. The molecule has 0 amide bonds. The Morgan fingerprint density at radius 3 is 2.62 bits per heavy atom. The van der Waals surface area contributed by atoms with E-state index in [1.165, 1.54) is 0 Å². The summed E-state index contributed by atoms with van der Waals surface area (Å²) in [5.41, 5.74) is 8.48. The lowest BCUT2D eigenvalue weighted by Crippen LogP contribution is -1.95. The summed E-state index contributed by atoms with van der Waals surface area (Å²) < 4.78 is 1.99. The molecule has 106 valence electrons. The third-order valence-electron chi connectivity index (χ3n) is 3.08. The van der Waals surface area contributed by atoms with Crippen LogP contribution in [0.15, 0.2) is 53.8 Å². The summed E-state index contributed by atoms with van der Waals surface area (Å²) in [6.07, 6.45) is 1.80. The molecule has 0 aliphatic rings. The van der Waals surface area contributed by atoms with Crippen molar-refractivity contribution in [3.63, 3.8) is 0 Å². The first-order valence-corrected chi connectivity index (χ1v) is 7.50. The van der Waals surface area contributed by atoms with E-state index in [0.717, 1.165) is 33.7 Å². The number of aromatic nitrogens is 4. The van der Waals surface area contributed by atoms with Gasteiger partial charge in [-0.2, -0.15) is 0 Å². The summed E-state index contributed by atoms with van der Waals surface area (Å²) in [6, 6.07) is 13.5.